The molecule has 1 heterocycles. The maximum Gasteiger partial charge on any atom is 0.303 e. The summed E-state index contributed by atoms with van der Waals surface area (Å²) < 4.78 is 5.29. The highest BCUT2D eigenvalue weighted by Crippen LogP contribution is 2.48. The molecule has 0 aromatic heterocycles. The molecule has 0 saturated heterocycles. The van der Waals surface area contributed by atoms with Crippen molar-refractivity contribution in [2.24, 2.45) is 0 Å². The molecule has 0 fully saturated rings. The van der Waals surface area contributed by atoms with Crippen molar-refractivity contribution in [3.63, 3.8) is 0 Å². The Bertz CT molecular complexity index is 1430. The molecule has 7 nitrogen and oxygen atoms in total. The van der Waals surface area contributed by atoms with Gasteiger partial charge >= 0.3 is 5.97 Å². The highest BCUT2D eigenvalue weighted by Gasteiger charge is 2.42. The van der Waals surface area contributed by atoms with Crippen LogP contribution in [0.15, 0.2) is 84.1 Å². The molecule has 0 bridgehead atoms. The summed E-state index contributed by atoms with van der Waals surface area (Å²) in [5.41, 5.74) is 4.07. The smallest absolute Gasteiger partial charge is 0.303 e. The first-order valence-electron chi connectivity index (χ1n) is 12.4. The number of amides is 1. The number of hydrogen-bond acceptors (Lipinski definition) is 5. The molecule has 2 aliphatic rings. The Balaban J connectivity index is 1.67. The fraction of sp³-hybridized carbons (Fsp3) is 0.233. The van der Waals surface area contributed by atoms with E-state index in [-0.39, 0.29) is 31.0 Å². The summed E-state index contributed by atoms with van der Waals surface area (Å²) in [4.78, 5) is 40.5. The molecule has 8 heteroatoms. The lowest BCUT2D eigenvalue weighted by Gasteiger charge is -2.35. The average molecular weight is 531 g/mol. The standard InChI is InChI=1S/C30H27ClN2O5/c1-38-20-12-10-18(11-13-20)19-16-24-29(26(34)17-19)30(21-6-2-3-7-22(21)31)33(27(35)14-15-28(36)37)25-9-5-4-8-23(25)32-24/h2-13,19,30,32H,14-17H2,1H3,(H,36,37)/t19-,30+/m0/s1. The number of para-hydroxylation sites is 2. The molecule has 0 radical (unpaired) electrons. The zero-order valence-corrected chi connectivity index (χ0v) is 21.6. The van der Waals surface area contributed by atoms with Crippen LogP contribution in [0.2, 0.25) is 5.02 Å². The van der Waals surface area contributed by atoms with E-state index in [1.165, 1.54) is 0 Å². The third kappa shape index (κ3) is 4.89. The predicted molar refractivity (Wildman–Crippen MR) is 146 cm³/mol. The van der Waals surface area contributed by atoms with E-state index in [2.05, 4.69) is 5.32 Å². The van der Waals surface area contributed by atoms with E-state index in [0.29, 0.717) is 34.0 Å². The number of allylic oxidation sites excluding steroid dienone is 1. The molecule has 38 heavy (non-hydrogen) atoms. The van der Waals surface area contributed by atoms with E-state index < -0.39 is 17.9 Å². The molecule has 3 aromatic rings. The lowest BCUT2D eigenvalue weighted by molar-refractivity contribution is -0.138. The third-order valence-corrected chi connectivity index (χ3v) is 7.44. The van der Waals surface area contributed by atoms with Gasteiger partial charge in [0.25, 0.3) is 0 Å². The van der Waals surface area contributed by atoms with Gasteiger partial charge in [0.1, 0.15) is 5.75 Å². The number of ether oxygens (including phenoxy) is 1. The van der Waals surface area contributed by atoms with Crippen LogP contribution in [-0.2, 0) is 14.4 Å². The summed E-state index contributed by atoms with van der Waals surface area (Å²) in [5.74, 6) is -0.872. The Morgan fingerprint density at radius 2 is 1.71 bits per heavy atom. The molecule has 0 spiro atoms. The van der Waals surface area contributed by atoms with Crippen molar-refractivity contribution < 1.29 is 24.2 Å². The lowest BCUT2D eigenvalue weighted by Crippen LogP contribution is -2.38. The highest BCUT2D eigenvalue weighted by atomic mass is 35.5. The van der Waals surface area contributed by atoms with Gasteiger partial charge in [-0.05, 0) is 53.8 Å². The second-order valence-electron chi connectivity index (χ2n) is 9.42. The van der Waals surface area contributed by atoms with Crippen LogP contribution in [-0.4, -0.2) is 29.9 Å². The number of methoxy groups -OCH3 is 1. The minimum Gasteiger partial charge on any atom is -0.497 e. The van der Waals surface area contributed by atoms with Crippen molar-refractivity contribution in [2.45, 2.75) is 37.6 Å². The van der Waals surface area contributed by atoms with Gasteiger partial charge in [0.05, 0.1) is 30.9 Å². The first-order chi connectivity index (χ1) is 18.4. The van der Waals surface area contributed by atoms with Crippen molar-refractivity contribution in [1.29, 1.82) is 0 Å². The Labute approximate surface area is 225 Å². The first-order valence-corrected chi connectivity index (χ1v) is 12.8. The number of fused-ring (bicyclic) bond motifs is 1. The van der Waals surface area contributed by atoms with Crippen LogP contribution in [0, 0.1) is 0 Å². The van der Waals surface area contributed by atoms with E-state index in [1.807, 2.05) is 54.6 Å². The van der Waals surface area contributed by atoms with Crippen LogP contribution in [0.5, 0.6) is 5.75 Å². The van der Waals surface area contributed by atoms with Crippen molar-refractivity contribution in [2.75, 3.05) is 17.3 Å². The zero-order chi connectivity index (χ0) is 26.8. The molecule has 5 rings (SSSR count). The Kier molecular flexibility index (Phi) is 7.20. The van der Waals surface area contributed by atoms with Gasteiger partial charge in [-0.1, -0.05) is 54.1 Å². The normalized spacial score (nSPS) is 18.7. The summed E-state index contributed by atoms with van der Waals surface area (Å²) in [6.07, 6.45) is 0.288. The van der Waals surface area contributed by atoms with Crippen LogP contribution in [0.25, 0.3) is 0 Å². The van der Waals surface area contributed by atoms with Crippen LogP contribution in [0.3, 0.4) is 0 Å². The van der Waals surface area contributed by atoms with E-state index in [9.17, 15) is 19.5 Å². The quantitative estimate of drug-likeness (QED) is 0.399. The van der Waals surface area contributed by atoms with Crippen molar-refractivity contribution in [3.05, 3.63) is 100 Å². The van der Waals surface area contributed by atoms with Gasteiger partial charge in [0.2, 0.25) is 5.91 Å². The second kappa shape index (κ2) is 10.7. The fourth-order valence-corrected chi connectivity index (χ4v) is 5.54. The van der Waals surface area contributed by atoms with E-state index in [4.69, 9.17) is 16.3 Å². The summed E-state index contributed by atoms with van der Waals surface area (Å²) in [5, 5.41) is 13.1. The van der Waals surface area contributed by atoms with E-state index >= 15 is 0 Å². The molecule has 1 aliphatic carbocycles. The number of ketones is 1. The van der Waals surface area contributed by atoms with Crippen LogP contribution in [0.1, 0.15) is 48.8 Å². The number of rotatable bonds is 6. The van der Waals surface area contributed by atoms with Crippen LogP contribution >= 0.6 is 11.6 Å². The van der Waals surface area contributed by atoms with Gasteiger partial charge in [-0.2, -0.15) is 0 Å². The number of Topliss-reactive ketones (excluding diaryl/α,β-unsaturated/α-hetero) is 1. The Hall–Kier alpha value is -4.10. The van der Waals surface area contributed by atoms with Gasteiger partial charge in [-0.25, -0.2) is 0 Å². The zero-order valence-electron chi connectivity index (χ0n) is 20.8. The number of halogens is 1. The monoisotopic (exact) mass is 530 g/mol. The van der Waals surface area contributed by atoms with Gasteiger partial charge in [0.15, 0.2) is 5.78 Å². The van der Waals surface area contributed by atoms with Gasteiger partial charge < -0.3 is 15.2 Å². The second-order valence-corrected chi connectivity index (χ2v) is 9.82. The predicted octanol–water partition coefficient (Wildman–Crippen LogP) is 6.11. The number of carboxylic acids is 1. The minimum absolute atomic E-state index is 0.0621. The Morgan fingerprint density at radius 1 is 1.00 bits per heavy atom. The SMILES string of the molecule is COc1ccc([C@@H]2CC(=O)C3=C(C2)Nc2ccccc2N(C(=O)CCC(=O)O)[C@@H]3c2ccccc2Cl)cc1. The number of carboxylic acid groups (broad SMARTS) is 1. The van der Waals surface area contributed by atoms with E-state index in [1.54, 1.807) is 30.2 Å². The third-order valence-electron chi connectivity index (χ3n) is 7.10. The molecular weight excluding hydrogens is 504 g/mol. The number of carbonyl (C=O) groups excluding carboxylic acids is 2. The molecule has 194 valence electrons. The molecular formula is C30H27ClN2O5. The summed E-state index contributed by atoms with van der Waals surface area (Å²) in [7, 11) is 1.61. The molecule has 1 aliphatic heterocycles. The Morgan fingerprint density at radius 3 is 2.42 bits per heavy atom. The molecule has 0 saturated carbocycles. The minimum atomic E-state index is -1.06. The van der Waals surface area contributed by atoms with Crippen molar-refractivity contribution in [3.8, 4) is 5.75 Å². The maximum absolute atomic E-state index is 14.0. The summed E-state index contributed by atoms with van der Waals surface area (Å²) in [6.45, 7) is 0. The lowest BCUT2D eigenvalue weighted by atomic mass is 9.78. The number of benzene rings is 3. The average Bonchev–Trinajstić information content (AvgIpc) is 3.06. The molecule has 3 aromatic carbocycles. The maximum atomic E-state index is 14.0. The largest absolute Gasteiger partial charge is 0.497 e. The summed E-state index contributed by atoms with van der Waals surface area (Å²) in [6, 6.07) is 21.4. The highest BCUT2D eigenvalue weighted by molar-refractivity contribution is 6.31. The molecule has 2 atom stereocenters. The molecule has 0 unspecified atom stereocenters. The van der Waals surface area contributed by atoms with Gasteiger partial charge in [0, 0.05) is 29.1 Å². The topological polar surface area (TPSA) is 95.9 Å². The van der Waals surface area contributed by atoms with Gasteiger partial charge in [-0.15, -0.1) is 0 Å². The number of nitrogens with one attached hydrogen (secondary N) is 1. The molecule has 2 N–H and O–H groups in total. The number of aliphatic carboxylic acids is 1. The van der Waals surface area contributed by atoms with Crippen molar-refractivity contribution in [1.82, 2.24) is 0 Å². The van der Waals surface area contributed by atoms with E-state index in [0.717, 1.165) is 17.0 Å². The number of nitrogens with zero attached hydrogens (tertiary/aromatic N) is 1. The van der Waals surface area contributed by atoms with Crippen LogP contribution < -0.4 is 15.0 Å². The number of anilines is 2. The van der Waals surface area contributed by atoms with Crippen LogP contribution in [0.4, 0.5) is 11.4 Å². The first kappa shape index (κ1) is 25.5. The van der Waals surface area contributed by atoms with Crippen molar-refractivity contribution >= 4 is 40.6 Å². The summed E-state index contributed by atoms with van der Waals surface area (Å²) >= 11 is 6.67. The molecule has 1 amide bonds. The number of carbonyl (C=O) groups is 3. The number of hydrogen-bond donors (Lipinski definition) is 2. The fourth-order valence-electron chi connectivity index (χ4n) is 5.30. The van der Waals surface area contributed by atoms with Gasteiger partial charge in [-0.3, -0.25) is 19.3 Å².